The number of H-pyrrole nitrogens is 1. The van der Waals surface area contributed by atoms with Gasteiger partial charge in [0.15, 0.2) is 11.2 Å². The van der Waals surface area contributed by atoms with Gasteiger partial charge in [-0.3, -0.25) is 9.59 Å². The van der Waals surface area contributed by atoms with E-state index in [0.717, 1.165) is 5.56 Å². The maximum absolute atomic E-state index is 12.8. The van der Waals surface area contributed by atoms with Crippen molar-refractivity contribution in [3.8, 4) is 0 Å². The van der Waals surface area contributed by atoms with Crippen LogP contribution in [-0.4, -0.2) is 25.7 Å². The summed E-state index contributed by atoms with van der Waals surface area (Å²) in [6.07, 6.45) is 0. The second-order valence-electron chi connectivity index (χ2n) is 7.19. The first-order valence-corrected chi connectivity index (χ1v) is 9.23. The van der Waals surface area contributed by atoms with Gasteiger partial charge in [-0.1, -0.05) is 55.5 Å². The molecule has 142 valence electrons. The summed E-state index contributed by atoms with van der Waals surface area (Å²) in [6, 6.07) is 15.2. The molecular formula is C21H21N5O2. The Labute approximate surface area is 161 Å². The van der Waals surface area contributed by atoms with E-state index in [1.807, 2.05) is 37.3 Å². The summed E-state index contributed by atoms with van der Waals surface area (Å²) < 4.78 is 1.41. The molecule has 28 heavy (non-hydrogen) atoms. The predicted octanol–water partition coefficient (Wildman–Crippen LogP) is 3.19. The van der Waals surface area contributed by atoms with Crippen LogP contribution in [0.1, 0.15) is 54.3 Å². The van der Waals surface area contributed by atoms with Gasteiger partial charge in [-0.15, -0.1) is 5.10 Å². The number of para-hydroxylation sites is 2. The zero-order valence-electron chi connectivity index (χ0n) is 15.9. The first-order valence-electron chi connectivity index (χ1n) is 9.23. The number of nitrogens with zero attached hydrogens (tertiary/aromatic N) is 3. The number of amides is 1. The van der Waals surface area contributed by atoms with Gasteiger partial charge in [0.25, 0.3) is 11.5 Å². The molecule has 0 aliphatic carbocycles. The van der Waals surface area contributed by atoms with E-state index in [2.05, 4.69) is 46.6 Å². The van der Waals surface area contributed by atoms with Gasteiger partial charge in [0.05, 0.1) is 17.1 Å². The Bertz CT molecular complexity index is 1220. The van der Waals surface area contributed by atoms with E-state index in [0.29, 0.717) is 17.0 Å². The molecule has 7 heteroatoms. The topological polar surface area (TPSA) is 92.2 Å². The second-order valence-corrected chi connectivity index (χ2v) is 7.19. The third-order valence-electron chi connectivity index (χ3n) is 4.93. The minimum Gasteiger partial charge on any atom is -0.344 e. The van der Waals surface area contributed by atoms with Gasteiger partial charge in [0.1, 0.15) is 0 Å². The fourth-order valence-corrected chi connectivity index (χ4v) is 3.27. The number of hydrogen-bond acceptors (Lipinski definition) is 4. The zero-order chi connectivity index (χ0) is 19.8. The van der Waals surface area contributed by atoms with Gasteiger partial charge >= 0.3 is 0 Å². The molecule has 0 spiro atoms. The van der Waals surface area contributed by atoms with E-state index in [9.17, 15) is 9.59 Å². The molecule has 0 saturated heterocycles. The maximum Gasteiger partial charge on any atom is 0.277 e. The zero-order valence-corrected chi connectivity index (χ0v) is 15.9. The smallest absolute Gasteiger partial charge is 0.277 e. The number of aromatic nitrogens is 4. The number of aromatic amines is 1. The molecule has 4 rings (SSSR count). The maximum atomic E-state index is 12.8. The van der Waals surface area contributed by atoms with Crippen molar-refractivity contribution in [1.82, 2.24) is 25.1 Å². The fourth-order valence-electron chi connectivity index (χ4n) is 3.27. The number of hydrogen-bond donors (Lipinski definition) is 2. The van der Waals surface area contributed by atoms with Gasteiger partial charge < -0.3 is 10.3 Å². The molecule has 1 amide bonds. The van der Waals surface area contributed by atoms with Crippen LogP contribution in [0.4, 0.5) is 0 Å². The molecule has 0 fully saturated rings. The number of benzene rings is 2. The lowest BCUT2D eigenvalue weighted by Crippen LogP contribution is -2.28. The first kappa shape index (κ1) is 17.9. The van der Waals surface area contributed by atoms with Crippen LogP contribution in [0.25, 0.3) is 16.6 Å². The third-order valence-corrected chi connectivity index (χ3v) is 4.93. The van der Waals surface area contributed by atoms with Gasteiger partial charge in [-0.05, 0) is 36.1 Å². The molecule has 4 aromatic rings. The molecule has 7 nitrogen and oxygen atoms in total. The van der Waals surface area contributed by atoms with E-state index < -0.39 is 11.5 Å². The molecule has 2 heterocycles. The summed E-state index contributed by atoms with van der Waals surface area (Å²) in [5.74, 6) is 0.0136. The summed E-state index contributed by atoms with van der Waals surface area (Å²) in [6.45, 7) is 6.17. The van der Waals surface area contributed by atoms with Crippen LogP contribution in [0.5, 0.6) is 0 Å². The van der Waals surface area contributed by atoms with E-state index in [4.69, 9.17) is 0 Å². The minimum atomic E-state index is -0.434. The molecule has 2 aromatic heterocycles. The Morgan fingerprint density at radius 1 is 1.04 bits per heavy atom. The predicted molar refractivity (Wildman–Crippen MR) is 108 cm³/mol. The van der Waals surface area contributed by atoms with Crippen molar-refractivity contribution in [1.29, 1.82) is 0 Å². The summed E-state index contributed by atoms with van der Waals surface area (Å²) in [5.41, 5.74) is 3.29. The van der Waals surface area contributed by atoms with Crippen molar-refractivity contribution in [3.63, 3.8) is 0 Å². The Balaban J connectivity index is 1.65. The van der Waals surface area contributed by atoms with Gasteiger partial charge in [0, 0.05) is 0 Å². The van der Waals surface area contributed by atoms with Gasteiger partial charge in [0.2, 0.25) is 0 Å². The van der Waals surface area contributed by atoms with E-state index in [1.54, 1.807) is 6.07 Å². The SMILES string of the molecule is CC(C)c1ccc([C@H](C)NC(=O)c2nnn3c2c(=O)[nH]c2ccccc23)cc1. The highest BCUT2D eigenvalue weighted by Crippen LogP contribution is 2.19. The quantitative estimate of drug-likeness (QED) is 0.573. The average Bonchev–Trinajstić information content (AvgIpc) is 3.14. The number of carbonyl (C=O) groups is 1. The highest BCUT2D eigenvalue weighted by molar-refractivity contribution is 5.99. The molecular weight excluding hydrogens is 354 g/mol. The van der Waals surface area contributed by atoms with Crippen LogP contribution in [0, 0.1) is 0 Å². The fraction of sp³-hybridized carbons (Fsp3) is 0.238. The molecule has 0 aliphatic rings. The number of fused-ring (bicyclic) bond motifs is 3. The Morgan fingerprint density at radius 2 is 1.71 bits per heavy atom. The molecule has 0 aliphatic heterocycles. The van der Waals surface area contributed by atoms with Crippen LogP contribution in [0.15, 0.2) is 53.3 Å². The molecule has 1 atom stereocenters. The van der Waals surface area contributed by atoms with Crippen LogP contribution < -0.4 is 10.9 Å². The van der Waals surface area contributed by atoms with Crippen molar-refractivity contribution in [2.75, 3.05) is 0 Å². The lowest BCUT2D eigenvalue weighted by molar-refractivity contribution is 0.0936. The van der Waals surface area contributed by atoms with Crippen LogP contribution in [0.2, 0.25) is 0 Å². The third kappa shape index (κ3) is 3.05. The van der Waals surface area contributed by atoms with E-state index >= 15 is 0 Å². The normalized spacial score (nSPS) is 12.6. The number of rotatable bonds is 4. The molecule has 2 N–H and O–H groups in total. The lowest BCUT2D eigenvalue weighted by Gasteiger charge is -2.14. The monoisotopic (exact) mass is 375 g/mol. The minimum absolute atomic E-state index is 0.0117. The van der Waals surface area contributed by atoms with Crippen molar-refractivity contribution >= 4 is 22.5 Å². The van der Waals surface area contributed by atoms with E-state index in [-0.39, 0.29) is 17.3 Å². The standard InChI is InChI=1S/C21H21N5O2/c1-12(2)14-8-10-15(11-9-14)13(3)22-20(27)18-19-21(28)23-16-6-4-5-7-17(16)26(19)25-24-18/h4-13H,1-3H3,(H,22,27)(H,23,28)/t13-/m0/s1. The van der Waals surface area contributed by atoms with Crippen molar-refractivity contribution in [3.05, 3.63) is 75.7 Å². The van der Waals surface area contributed by atoms with Crippen LogP contribution >= 0.6 is 0 Å². The summed E-state index contributed by atoms with van der Waals surface area (Å²) in [7, 11) is 0. The largest absolute Gasteiger partial charge is 0.344 e. The van der Waals surface area contributed by atoms with Gasteiger partial charge in [-0.25, -0.2) is 4.52 Å². The Kier molecular flexibility index (Phi) is 4.43. The summed E-state index contributed by atoms with van der Waals surface area (Å²) in [5, 5.41) is 10.9. The van der Waals surface area contributed by atoms with Gasteiger partial charge in [-0.2, -0.15) is 0 Å². The van der Waals surface area contributed by atoms with Crippen LogP contribution in [0.3, 0.4) is 0 Å². The molecule has 0 radical (unpaired) electrons. The summed E-state index contributed by atoms with van der Waals surface area (Å²) in [4.78, 5) is 28.1. The van der Waals surface area contributed by atoms with E-state index in [1.165, 1.54) is 10.1 Å². The highest BCUT2D eigenvalue weighted by Gasteiger charge is 2.21. The molecule has 2 aromatic carbocycles. The Hall–Kier alpha value is -3.48. The van der Waals surface area contributed by atoms with Crippen molar-refractivity contribution in [2.24, 2.45) is 0 Å². The lowest BCUT2D eigenvalue weighted by atomic mass is 9.99. The first-order chi connectivity index (χ1) is 13.5. The second kappa shape index (κ2) is 6.92. The summed E-state index contributed by atoms with van der Waals surface area (Å²) >= 11 is 0. The number of carbonyl (C=O) groups excluding carboxylic acids is 1. The molecule has 0 saturated carbocycles. The Morgan fingerprint density at radius 3 is 2.43 bits per heavy atom. The highest BCUT2D eigenvalue weighted by atomic mass is 16.2. The van der Waals surface area contributed by atoms with Crippen molar-refractivity contribution in [2.45, 2.75) is 32.7 Å². The van der Waals surface area contributed by atoms with Crippen molar-refractivity contribution < 1.29 is 4.79 Å². The average molecular weight is 375 g/mol. The van der Waals surface area contributed by atoms with Crippen LogP contribution in [-0.2, 0) is 0 Å². The molecule has 0 unspecified atom stereocenters. The number of nitrogens with one attached hydrogen (secondary N) is 2. The molecule has 0 bridgehead atoms.